The highest BCUT2D eigenvalue weighted by Gasteiger charge is 2.46. The minimum Gasteiger partial charge on any atom is -0.490 e. The van der Waals surface area contributed by atoms with E-state index in [1.165, 1.54) is 31.0 Å². The number of amides is 2. The van der Waals surface area contributed by atoms with Gasteiger partial charge in [0, 0.05) is 48.5 Å². The Hall–Kier alpha value is -3.32. The number of sulfonamides is 1. The average Bonchev–Trinajstić information content (AvgIpc) is 3.49. The van der Waals surface area contributed by atoms with Gasteiger partial charge in [0.05, 0.1) is 36.4 Å². The maximum Gasteiger partial charge on any atom is 0.410 e. The summed E-state index contributed by atoms with van der Waals surface area (Å²) in [6.45, 7) is 10.1. The van der Waals surface area contributed by atoms with E-state index in [-0.39, 0.29) is 34.9 Å². The molecule has 276 valence electrons. The van der Waals surface area contributed by atoms with Crippen molar-refractivity contribution in [3.63, 3.8) is 0 Å². The summed E-state index contributed by atoms with van der Waals surface area (Å²) < 4.78 is 54.3. The van der Waals surface area contributed by atoms with Gasteiger partial charge in [-0.05, 0) is 99.9 Å². The van der Waals surface area contributed by atoms with E-state index in [0.717, 1.165) is 31.2 Å². The summed E-state index contributed by atoms with van der Waals surface area (Å²) >= 11 is 7.21. The van der Waals surface area contributed by atoms with Gasteiger partial charge in [0.15, 0.2) is 0 Å². The second kappa shape index (κ2) is 13.9. The third-order valence-corrected chi connectivity index (χ3v) is 13.0. The lowest BCUT2D eigenvalue weighted by atomic mass is 9.67. The molecule has 51 heavy (non-hydrogen) atoms. The normalized spacial score (nSPS) is 30.1. The molecule has 1 saturated heterocycles. The number of nitrogens with zero attached hydrogens (tertiary/aromatic N) is 2. The van der Waals surface area contributed by atoms with Crippen LogP contribution >= 0.6 is 11.6 Å². The van der Waals surface area contributed by atoms with Crippen molar-refractivity contribution in [3.05, 3.63) is 64.2 Å². The van der Waals surface area contributed by atoms with Crippen molar-refractivity contribution in [2.24, 2.45) is 5.92 Å². The minimum absolute atomic E-state index is 0.0177. The van der Waals surface area contributed by atoms with Crippen LogP contribution in [0.2, 0.25) is 5.02 Å². The number of hydrogen-bond donors (Lipinski definition) is 1. The Morgan fingerprint density at radius 1 is 1.16 bits per heavy atom. The lowest BCUT2D eigenvalue weighted by molar-refractivity contribution is -0.139. The molecule has 13 heteroatoms. The predicted octanol–water partition coefficient (Wildman–Crippen LogP) is 5.72. The summed E-state index contributed by atoms with van der Waals surface area (Å²) in [4.78, 5) is 31.0. The number of aryl methyl sites for hydroxylation is 1. The van der Waals surface area contributed by atoms with Crippen LogP contribution in [0.4, 0.5) is 10.5 Å². The number of carbonyl (C=O) groups excluding carboxylic acids is 2. The molecule has 1 spiro atoms. The summed E-state index contributed by atoms with van der Waals surface area (Å²) in [6.07, 6.45) is 6.65. The molecule has 1 fully saturated rings. The molecule has 7 rings (SSSR count). The Balaban J connectivity index is 1.37. The fourth-order valence-corrected chi connectivity index (χ4v) is 10.0. The number of carbonyl (C=O) groups is 2. The second-order valence-electron chi connectivity index (χ2n) is 15.0. The van der Waals surface area contributed by atoms with Crippen LogP contribution in [-0.2, 0) is 40.9 Å². The Morgan fingerprint density at radius 3 is 2.76 bits per heavy atom. The summed E-state index contributed by atoms with van der Waals surface area (Å²) in [6, 6.07) is 9.14. The topological polar surface area (TPSA) is 124 Å². The van der Waals surface area contributed by atoms with Crippen LogP contribution in [0.15, 0.2) is 47.4 Å². The standard InChI is InChI=1S/C38H48ClN3O8S/c1-5-27-29-21-42-22-38(14-7-9-24-17-31(39)28(29)19-30(24)38)23-48-34-12-11-26(18-32(34)42)51(45,46)40-35(43)37(3,4)49-16-8-10-33(27)50-36(44)41-15-13-25(20-41)47-6-2/h8,10-12,17-19,25,27,29,33H,5-7,9,13-16,20-23H2,1-4H3,(H,40,43)/b10-8+/t25-,27+,29-,33-,38-/m0/s1. The Morgan fingerprint density at radius 2 is 1.98 bits per heavy atom. The van der Waals surface area contributed by atoms with E-state index in [4.69, 9.17) is 30.5 Å². The molecule has 2 aromatic rings. The number of anilines is 1. The molecule has 1 aliphatic carbocycles. The maximum absolute atomic E-state index is 13.8. The molecule has 5 aliphatic rings. The summed E-state index contributed by atoms with van der Waals surface area (Å²) in [5.41, 5.74) is 2.18. The first-order valence-electron chi connectivity index (χ1n) is 18.1. The van der Waals surface area contributed by atoms with Crippen molar-refractivity contribution in [1.29, 1.82) is 0 Å². The Kier molecular flexibility index (Phi) is 9.83. The molecule has 5 atom stereocenters. The first-order valence-corrected chi connectivity index (χ1v) is 20.0. The fourth-order valence-electron chi connectivity index (χ4n) is 8.58. The van der Waals surface area contributed by atoms with E-state index >= 15 is 0 Å². The quantitative estimate of drug-likeness (QED) is 0.392. The summed E-state index contributed by atoms with van der Waals surface area (Å²) in [5, 5.41) is 0.668. The summed E-state index contributed by atoms with van der Waals surface area (Å²) in [7, 11) is -4.26. The van der Waals surface area contributed by atoms with Crippen molar-refractivity contribution < 1.29 is 37.0 Å². The molecule has 11 nitrogen and oxygen atoms in total. The van der Waals surface area contributed by atoms with Gasteiger partial charge in [-0.1, -0.05) is 30.7 Å². The molecule has 4 heterocycles. The number of ether oxygens (including phenoxy) is 4. The minimum atomic E-state index is -4.26. The molecule has 4 aliphatic heterocycles. The van der Waals surface area contributed by atoms with Gasteiger partial charge in [0.25, 0.3) is 15.9 Å². The highest BCUT2D eigenvalue weighted by Crippen LogP contribution is 2.50. The average molecular weight is 742 g/mol. The predicted molar refractivity (Wildman–Crippen MR) is 193 cm³/mol. The lowest BCUT2D eigenvalue weighted by Gasteiger charge is -2.45. The third kappa shape index (κ3) is 6.84. The fraction of sp³-hybridized carbons (Fsp3) is 0.579. The van der Waals surface area contributed by atoms with Gasteiger partial charge < -0.3 is 28.7 Å². The highest BCUT2D eigenvalue weighted by molar-refractivity contribution is 7.90. The maximum atomic E-state index is 13.8. The number of rotatable bonds is 4. The van der Waals surface area contributed by atoms with E-state index in [1.807, 2.05) is 13.0 Å². The number of halogens is 1. The van der Waals surface area contributed by atoms with Crippen LogP contribution in [0.5, 0.6) is 5.75 Å². The van der Waals surface area contributed by atoms with E-state index in [9.17, 15) is 18.0 Å². The van der Waals surface area contributed by atoms with Gasteiger partial charge in [-0.15, -0.1) is 0 Å². The Labute approximate surface area is 305 Å². The highest BCUT2D eigenvalue weighted by atomic mass is 35.5. The molecule has 2 amide bonds. The first-order chi connectivity index (χ1) is 24.3. The Bertz CT molecular complexity index is 1830. The number of fused-ring (bicyclic) bond motifs is 4. The van der Waals surface area contributed by atoms with E-state index in [0.29, 0.717) is 62.3 Å². The monoisotopic (exact) mass is 741 g/mol. The van der Waals surface area contributed by atoms with Crippen molar-refractivity contribution >= 4 is 39.3 Å². The van der Waals surface area contributed by atoms with Crippen LogP contribution in [-0.4, -0.2) is 89.1 Å². The number of nitrogens with one attached hydrogen (secondary N) is 1. The third-order valence-electron chi connectivity index (χ3n) is 11.4. The van der Waals surface area contributed by atoms with Gasteiger partial charge >= 0.3 is 6.09 Å². The first kappa shape index (κ1) is 36.1. The van der Waals surface area contributed by atoms with Crippen molar-refractivity contribution in [2.45, 2.75) is 93.8 Å². The largest absolute Gasteiger partial charge is 0.490 e. The van der Waals surface area contributed by atoms with E-state index < -0.39 is 33.7 Å². The number of likely N-dealkylation sites (tertiary alicyclic amines) is 1. The zero-order valence-electron chi connectivity index (χ0n) is 29.8. The van der Waals surface area contributed by atoms with Crippen molar-refractivity contribution in [1.82, 2.24) is 9.62 Å². The zero-order valence-corrected chi connectivity index (χ0v) is 31.4. The zero-order chi connectivity index (χ0) is 36.1. The second-order valence-corrected chi connectivity index (χ2v) is 17.1. The number of benzene rings is 2. The van der Waals surface area contributed by atoms with Gasteiger partial charge in [0.2, 0.25) is 0 Å². The van der Waals surface area contributed by atoms with Crippen LogP contribution in [0.3, 0.4) is 0 Å². The molecule has 0 radical (unpaired) electrons. The van der Waals surface area contributed by atoms with Gasteiger partial charge in [-0.25, -0.2) is 17.9 Å². The van der Waals surface area contributed by atoms with Crippen LogP contribution < -0.4 is 14.4 Å². The smallest absolute Gasteiger partial charge is 0.410 e. The van der Waals surface area contributed by atoms with Gasteiger partial charge in [-0.3, -0.25) is 4.79 Å². The number of hydrogen-bond acceptors (Lipinski definition) is 9. The van der Waals surface area contributed by atoms with Crippen LogP contribution in [0.25, 0.3) is 0 Å². The lowest BCUT2D eigenvalue weighted by Crippen LogP contribution is -2.49. The molecular weight excluding hydrogens is 694 g/mol. The molecule has 1 N–H and O–H groups in total. The molecule has 2 aromatic carbocycles. The molecule has 0 saturated carbocycles. The van der Waals surface area contributed by atoms with Gasteiger partial charge in [0.1, 0.15) is 17.5 Å². The van der Waals surface area contributed by atoms with Crippen molar-refractivity contribution in [2.75, 3.05) is 50.9 Å². The van der Waals surface area contributed by atoms with E-state index in [2.05, 4.69) is 28.7 Å². The van der Waals surface area contributed by atoms with Crippen LogP contribution in [0, 0.1) is 5.92 Å². The molecule has 0 unspecified atom stereocenters. The SMILES string of the molecule is CCO[C@H]1CCN(C(=O)O[C@H]2/C=C/COC(C)(C)C(=O)NS(=O)(=O)c3ccc4c(c3)N3C[C@H](c5cc6c(cc5Cl)CCC[C@@]6(CO4)C3)[C@H]2CC)C1. The summed E-state index contributed by atoms with van der Waals surface area (Å²) in [5.74, 6) is -0.677. The van der Waals surface area contributed by atoms with Crippen LogP contribution in [0.1, 0.15) is 76.0 Å². The van der Waals surface area contributed by atoms with Gasteiger partial charge in [-0.2, -0.15) is 0 Å². The van der Waals surface area contributed by atoms with E-state index in [1.54, 1.807) is 23.1 Å². The molecular formula is C38H48ClN3O8S. The molecule has 0 aromatic heterocycles. The molecule has 7 bridgehead atoms. The van der Waals surface area contributed by atoms with Crippen molar-refractivity contribution in [3.8, 4) is 5.75 Å².